The number of rotatable bonds is 6. The number of methoxy groups -OCH3 is 1. The van der Waals surface area contributed by atoms with Crippen molar-refractivity contribution in [1.29, 1.82) is 0 Å². The standard InChI is InChI=1S/C16H19N5O3/c1-24-15-6-8-17-16(19-15)18-13-7-9-20(11-13)10-12-2-4-14(5-3-12)21(22)23/h2-6,8,13H,7,9-11H2,1H3,(H,17,18,19). The Morgan fingerprint density at radius 2 is 2.17 bits per heavy atom. The summed E-state index contributed by atoms with van der Waals surface area (Å²) in [6.45, 7) is 2.60. The van der Waals surface area contributed by atoms with Crippen molar-refractivity contribution in [2.45, 2.75) is 19.0 Å². The van der Waals surface area contributed by atoms with E-state index >= 15 is 0 Å². The molecule has 0 amide bonds. The van der Waals surface area contributed by atoms with Crippen molar-refractivity contribution in [3.63, 3.8) is 0 Å². The normalized spacial score (nSPS) is 17.6. The molecule has 1 aromatic heterocycles. The first-order valence-corrected chi connectivity index (χ1v) is 7.73. The first-order chi connectivity index (χ1) is 11.6. The Hall–Kier alpha value is -2.74. The maximum atomic E-state index is 10.7. The van der Waals surface area contributed by atoms with Crippen LogP contribution in [0.25, 0.3) is 0 Å². The summed E-state index contributed by atoms with van der Waals surface area (Å²) >= 11 is 0. The number of nitro benzene ring substituents is 1. The van der Waals surface area contributed by atoms with Gasteiger partial charge in [-0.15, -0.1) is 0 Å². The quantitative estimate of drug-likeness (QED) is 0.640. The lowest BCUT2D eigenvalue weighted by molar-refractivity contribution is -0.384. The van der Waals surface area contributed by atoms with Crippen LogP contribution >= 0.6 is 0 Å². The van der Waals surface area contributed by atoms with Crippen LogP contribution in [-0.4, -0.2) is 46.0 Å². The molecule has 8 nitrogen and oxygen atoms in total. The van der Waals surface area contributed by atoms with Crippen LogP contribution in [0.15, 0.2) is 36.5 Å². The summed E-state index contributed by atoms with van der Waals surface area (Å²) in [6, 6.07) is 8.70. The van der Waals surface area contributed by atoms with E-state index in [9.17, 15) is 10.1 Å². The highest BCUT2D eigenvalue weighted by atomic mass is 16.6. The fraction of sp³-hybridized carbons (Fsp3) is 0.375. The van der Waals surface area contributed by atoms with Gasteiger partial charge in [0.25, 0.3) is 5.69 Å². The molecule has 1 aromatic carbocycles. The van der Waals surface area contributed by atoms with Gasteiger partial charge in [-0.3, -0.25) is 15.0 Å². The molecule has 0 radical (unpaired) electrons. The van der Waals surface area contributed by atoms with Crippen molar-refractivity contribution in [3.8, 4) is 5.88 Å². The molecule has 0 saturated carbocycles. The molecule has 8 heteroatoms. The van der Waals surface area contributed by atoms with Crippen LogP contribution < -0.4 is 10.1 Å². The van der Waals surface area contributed by atoms with Gasteiger partial charge in [0.1, 0.15) is 0 Å². The Labute approximate surface area is 139 Å². The minimum Gasteiger partial charge on any atom is -0.481 e. The fourth-order valence-corrected chi connectivity index (χ4v) is 2.78. The second-order valence-corrected chi connectivity index (χ2v) is 5.71. The molecule has 1 fully saturated rings. The molecule has 3 rings (SSSR count). The van der Waals surface area contributed by atoms with Gasteiger partial charge in [0.05, 0.1) is 12.0 Å². The van der Waals surface area contributed by atoms with Gasteiger partial charge < -0.3 is 10.1 Å². The van der Waals surface area contributed by atoms with E-state index in [0.29, 0.717) is 11.8 Å². The molecule has 24 heavy (non-hydrogen) atoms. The lowest BCUT2D eigenvalue weighted by Crippen LogP contribution is -2.26. The first kappa shape index (κ1) is 16.1. The van der Waals surface area contributed by atoms with Gasteiger partial charge in [0.15, 0.2) is 0 Å². The lowest BCUT2D eigenvalue weighted by atomic mass is 10.2. The smallest absolute Gasteiger partial charge is 0.269 e. The largest absolute Gasteiger partial charge is 0.481 e. The van der Waals surface area contributed by atoms with Gasteiger partial charge in [-0.25, -0.2) is 4.98 Å². The summed E-state index contributed by atoms with van der Waals surface area (Å²) < 4.78 is 5.10. The zero-order chi connectivity index (χ0) is 16.9. The van der Waals surface area contributed by atoms with Gasteiger partial charge in [0.2, 0.25) is 11.8 Å². The Balaban J connectivity index is 1.54. The molecule has 1 aliphatic heterocycles. The maximum absolute atomic E-state index is 10.7. The number of hydrogen-bond acceptors (Lipinski definition) is 7. The number of non-ortho nitro benzene ring substituents is 1. The number of benzene rings is 1. The third-order valence-corrected chi connectivity index (χ3v) is 4.00. The molecule has 126 valence electrons. The summed E-state index contributed by atoms with van der Waals surface area (Å²) in [5, 5.41) is 14.0. The third-order valence-electron chi connectivity index (χ3n) is 4.00. The molecular weight excluding hydrogens is 310 g/mol. The second-order valence-electron chi connectivity index (χ2n) is 5.71. The molecule has 1 atom stereocenters. The Bertz CT molecular complexity index is 707. The lowest BCUT2D eigenvalue weighted by Gasteiger charge is -2.16. The van der Waals surface area contributed by atoms with Crippen molar-refractivity contribution in [1.82, 2.24) is 14.9 Å². The summed E-state index contributed by atoms with van der Waals surface area (Å²) in [4.78, 5) is 21.1. The molecule has 2 heterocycles. The number of nitrogens with one attached hydrogen (secondary N) is 1. The zero-order valence-corrected chi connectivity index (χ0v) is 13.4. The van der Waals surface area contributed by atoms with Crippen LogP contribution in [0.2, 0.25) is 0 Å². The van der Waals surface area contributed by atoms with Crippen LogP contribution in [0.4, 0.5) is 11.6 Å². The summed E-state index contributed by atoms with van der Waals surface area (Å²) in [5.41, 5.74) is 1.19. The fourth-order valence-electron chi connectivity index (χ4n) is 2.78. The minimum absolute atomic E-state index is 0.120. The number of aromatic nitrogens is 2. The Morgan fingerprint density at radius 3 is 2.88 bits per heavy atom. The predicted molar refractivity (Wildman–Crippen MR) is 89.0 cm³/mol. The average molecular weight is 329 g/mol. The number of hydrogen-bond donors (Lipinski definition) is 1. The van der Waals surface area contributed by atoms with Crippen LogP contribution in [0, 0.1) is 10.1 Å². The highest BCUT2D eigenvalue weighted by molar-refractivity contribution is 5.33. The van der Waals surface area contributed by atoms with E-state index in [-0.39, 0.29) is 16.7 Å². The van der Waals surface area contributed by atoms with Crippen molar-refractivity contribution < 1.29 is 9.66 Å². The van der Waals surface area contributed by atoms with Gasteiger partial charge in [-0.2, -0.15) is 4.98 Å². The first-order valence-electron chi connectivity index (χ1n) is 7.73. The van der Waals surface area contributed by atoms with E-state index < -0.39 is 0 Å². The van der Waals surface area contributed by atoms with Crippen LogP contribution in [0.1, 0.15) is 12.0 Å². The average Bonchev–Trinajstić information content (AvgIpc) is 3.02. The van der Waals surface area contributed by atoms with Gasteiger partial charge in [0, 0.05) is 50.1 Å². The van der Waals surface area contributed by atoms with E-state index in [1.54, 1.807) is 31.5 Å². The van der Waals surface area contributed by atoms with Gasteiger partial charge >= 0.3 is 0 Å². The van der Waals surface area contributed by atoms with E-state index in [1.165, 1.54) is 0 Å². The number of likely N-dealkylation sites (tertiary alicyclic amines) is 1. The predicted octanol–water partition coefficient (Wildman–Crippen LogP) is 2.08. The molecule has 0 aliphatic carbocycles. The van der Waals surface area contributed by atoms with Crippen molar-refractivity contribution >= 4 is 11.6 Å². The zero-order valence-electron chi connectivity index (χ0n) is 13.4. The van der Waals surface area contributed by atoms with Crippen molar-refractivity contribution in [2.24, 2.45) is 0 Å². The van der Waals surface area contributed by atoms with Crippen molar-refractivity contribution in [2.75, 3.05) is 25.5 Å². The molecule has 1 aliphatic rings. The molecular formula is C16H19N5O3. The molecule has 1 saturated heterocycles. The number of nitrogens with zero attached hydrogens (tertiary/aromatic N) is 4. The highest BCUT2D eigenvalue weighted by Crippen LogP contribution is 2.19. The van der Waals surface area contributed by atoms with Crippen molar-refractivity contribution in [3.05, 3.63) is 52.2 Å². The summed E-state index contributed by atoms with van der Waals surface area (Å²) in [7, 11) is 1.58. The SMILES string of the molecule is COc1ccnc(NC2CCN(Cc3ccc([N+](=O)[O-])cc3)C2)n1. The second kappa shape index (κ2) is 7.22. The van der Waals surface area contributed by atoms with Crippen LogP contribution in [0.5, 0.6) is 5.88 Å². The third kappa shape index (κ3) is 3.96. The van der Waals surface area contributed by atoms with Crippen LogP contribution in [0.3, 0.4) is 0 Å². The molecule has 0 spiro atoms. The molecule has 1 unspecified atom stereocenters. The van der Waals surface area contributed by atoms with E-state index in [2.05, 4.69) is 20.2 Å². The monoisotopic (exact) mass is 329 g/mol. The topological polar surface area (TPSA) is 93.4 Å². The van der Waals surface area contributed by atoms with E-state index in [1.807, 2.05) is 12.1 Å². The minimum atomic E-state index is -0.381. The van der Waals surface area contributed by atoms with Gasteiger partial charge in [-0.1, -0.05) is 12.1 Å². The van der Waals surface area contributed by atoms with E-state index in [4.69, 9.17) is 4.74 Å². The molecule has 1 N–H and O–H groups in total. The number of ether oxygens (including phenoxy) is 1. The Kier molecular flexibility index (Phi) is 4.85. The molecule has 0 bridgehead atoms. The summed E-state index contributed by atoms with van der Waals surface area (Å²) in [6.07, 6.45) is 2.66. The number of nitro groups is 1. The number of anilines is 1. The molecule has 2 aromatic rings. The Morgan fingerprint density at radius 1 is 1.38 bits per heavy atom. The van der Waals surface area contributed by atoms with E-state index in [0.717, 1.165) is 31.6 Å². The maximum Gasteiger partial charge on any atom is 0.269 e. The van der Waals surface area contributed by atoms with Crippen LogP contribution in [-0.2, 0) is 6.54 Å². The summed E-state index contributed by atoms with van der Waals surface area (Å²) in [5.74, 6) is 1.10. The highest BCUT2D eigenvalue weighted by Gasteiger charge is 2.23. The van der Waals surface area contributed by atoms with Gasteiger partial charge in [-0.05, 0) is 12.0 Å².